The SMILES string of the molecule is CN(C)CCN1CC(C(=O)Nc2ccc(N)nc2)CC1=O. The Morgan fingerprint density at radius 2 is 2.29 bits per heavy atom. The van der Waals surface area contributed by atoms with E-state index in [1.165, 1.54) is 6.20 Å². The predicted molar refractivity (Wildman–Crippen MR) is 80.5 cm³/mol. The summed E-state index contributed by atoms with van der Waals surface area (Å²) in [6, 6.07) is 3.32. The second-order valence-corrected chi connectivity index (χ2v) is 5.51. The van der Waals surface area contributed by atoms with Gasteiger partial charge in [0.05, 0.1) is 17.8 Å². The van der Waals surface area contributed by atoms with E-state index in [-0.39, 0.29) is 24.2 Å². The van der Waals surface area contributed by atoms with Crippen LogP contribution in [0.5, 0.6) is 0 Å². The summed E-state index contributed by atoms with van der Waals surface area (Å²) in [7, 11) is 3.91. The smallest absolute Gasteiger partial charge is 0.229 e. The molecule has 0 bridgehead atoms. The van der Waals surface area contributed by atoms with Crippen LogP contribution in [-0.2, 0) is 9.59 Å². The first kappa shape index (κ1) is 15.2. The summed E-state index contributed by atoms with van der Waals surface area (Å²) in [5.74, 6) is -0.0224. The highest BCUT2D eigenvalue weighted by atomic mass is 16.2. The highest BCUT2D eigenvalue weighted by Gasteiger charge is 2.34. The van der Waals surface area contributed by atoms with Gasteiger partial charge in [0, 0.05) is 26.1 Å². The van der Waals surface area contributed by atoms with Crippen molar-refractivity contribution in [3.63, 3.8) is 0 Å². The summed E-state index contributed by atoms with van der Waals surface area (Å²) < 4.78 is 0. The largest absolute Gasteiger partial charge is 0.384 e. The monoisotopic (exact) mass is 291 g/mol. The number of aromatic nitrogens is 1. The maximum absolute atomic E-state index is 12.2. The van der Waals surface area contributed by atoms with Crippen LogP contribution in [0.15, 0.2) is 18.3 Å². The van der Waals surface area contributed by atoms with Crippen LogP contribution >= 0.6 is 0 Å². The zero-order chi connectivity index (χ0) is 15.4. The third-order valence-electron chi connectivity index (χ3n) is 3.46. The lowest BCUT2D eigenvalue weighted by Gasteiger charge is -2.19. The number of nitrogens with two attached hydrogens (primary N) is 1. The Kier molecular flexibility index (Phi) is 4.74. The van der Waals surface area contributed by atoms with Gasteiger partial charge < -0.3 is 20.9 Å². The molecule has 7 nitrogen and oxygen atoms in total. The molecular weight excluding hydrogens is 270 g/mol. The lowest BCUT2D eigenvalue weighted by atomic mass is 10.1. The van der Waals surface area contributed by atoms with Crippen LogP contribution in [0.2, 0.25) is 0 Å². The molecule has 1 aliphatic rings. The summed E-state index contributed by atoms with van der Waals surface area (Å²) in [5.41, 5.74) is 6.09. The fourth-order valence-electron chi connectivity index (χ4n) is 2.21. The lowest BCUT2D eigenvalue weighted by Crippen LogP contribution is -2.34. The van der Waals surface area contributed by atoms with E-state index < -0.39 is 0 Å². The van der Waals surface area contributed by atoms with Gasteiger partial charge in [-0.25, -0.2) is 4.98 Å². The summed E-state index contributed by atoms with van der Waals surface area (Å²) in [6.07, 6.45) is 1.77. The predicted octanol–water partition coefficient (Wildman–Crippen LogP) is 0.0124. The van der Waals surface area contributed by atoms with Crippen molar-refractivity contribution in [2.75, 3.05) is 44.8 Å². The molecule has 0 saturated carbocycles. The molecule has 1 aromatic heterocycles. The number of likely N-dealkylation sites (N-methyl/N-ethyl adjacent to an activating group) is 1. The molecule has 2 rings (SSSR count). The van der Waals surface area contributed by atoms with E-state index in [0.29, 0.717) is 24.6 Å². The third kappa shape index (κ3) is 4.16. The van der Waals surface area contributed by atoms with E-state index in [4.69, 9.17) is 5.73 Å². The molecule has 1 fully saturated rings. The zero-order valence-electron chi connectivity index (χ0n) is 12.4. The van der Waals surface area contributed by atoms with Gasteiger partial charge >= 0.3 is 0 Å². The second kappa shape index (κ2) is 6.53. The zero-order valence-corrected chi connectivity index (χ0v) is 12.4. The number of nitrogens with zero attached hydrogens (tertiary/aromatic N) is 3. The van der Waals surface area contributed by atoms with Gasteiger partial charge in [0.25, 0.3) is 0 Å². The van der Waals surface area contributed by atoms with E-state index in [0.717, 1.165) is 6.54 Å². The quantitative estimate of drug-likeness (QED) is 0.797. The van der Waals surface area contributed by atoms with Crippen LogP contribution in [0.3, 0.4) is 0 Å². The highest BCUT2D eigenvalue weighted by Crippen LogP contribution is 2.19. The van der Waals surface area contributed by atoms with E-state index in [9.17, 15) is 9.59 Å². The molecule has 1 aromatic rings. The summed E-state index contributed by atoms with van der Waals surface area (Å²) in [4.78, 5) is 31.7. The summed E-state index contributed by atoms with van der Waals surface area (Å²) >= 11 is 0. The number of carbonyl (C=O) groups is 2. The number of hydrogen-bond donors (Lipinski definition) is 2. The molecule has 1 saturated heterocycles. The number of carbonyl (C=O) groups excluding carboxylic acids is 2. The van der Waals surface area contributed by atoms with Gasteiger partial charge in [-0.1, -0.05) is 0 Å². The van der Waals surface area contributed by atoms with Crippen molar-refractivity contribution in [2.24, 2.45) is 5.92 Å². The number of nitrogen functional groups attached to an aromatic ring is 1. The Bertz CT molecular complexity index is 515. The van der Waals surface area contributed by atoms with E-state index >= 15 is 0 Å². The van der Waals surface area contributed by atoms with Crippen molar-refractivity contribution < 1.29 is 9.59 Å². The third-order valence-corrected chi connectivity index (χ3v) is 3.46. The molecule has 0 spiro atoms. The van der Waals surface area contributed by atoms with Gasteiger partial charge in [0.2, 0.25) is 11.8 Å². The van der Waals surface area contributed by atoms with Crippen molar-refractivity contribution in [1.29, 1.82) is 0 Å². The molecular formula is C14H21N5O2. The molecule has 3 N–H and O–H groups in total. The van der Waals surface area contributed by atoms with Crippen molar-refractivity contribution in [2.45, 2.75) is 6.42 Å². The molecule has 7 heteroatoms. The minimum Gasteiger partial charge on any atom is -0.384 e. The number of nitrogens with one attached hydrogen (secondary N) is 1. The van der Waals surface area contributed by atoms with Crippen LogP contribution in [0.1, 0.15) is 6.42 Å². The molecule has 2 amide bonds. The molecule has 21 heavy (non-hydrogen) atoms. The van der Waals surface area contributed by atoms with E-state index in [1.54, 1.807) is 17.0 Å². The topological polar surface area (TPSA) is 91.6 Å². The standard InChI is InChI=1S/C14H21N5O2/c1-18(2)5-6-19-9-10(7-13(19)20)14(21)17-11-3-4-12(15)16-8-11/h3-4,8,10H,5-7,9H2,1-2H3,(H2,15,16)(H,17,21). The number of likely N-dealkylation sites (tertiary alicyclic amines) is 1. The van der Waals surface area contributed by atoms with Gasteiger partial charge in [-0.05, 0) is 26.2 Å². The average molecular weight is 291 g/mol. The Hall–Kier alpha value is -2.15. The van der Waals surface area contributed by atoms with Crippen molar-refractivity contribution in [1.82, 2.24) is 14.8 Å². The molecule has 2 heterocycles. The van der Waals surface area contributed by atoms with Gasteiger partial charge in [0.1, 0.15) is 5.82 Å². The minimum absolute atomic E-state index is 0.0347. The van der Waals surface area contributed by atoms with Crippen molar-refractivity contribution >= 4 is 23.3 Å². The first-order valence-electron chi connectivity index (χ1n) is 6.90. The van der Waals surface area contributed by atoms with Gasteiger partial charge in [-0.2, -0.15) is 0 Å². The number of pyridine rings is 1. The van der Waals surface area contributed by atoms with Crippen molar-refractivity contribution in [3.05, 3.63) is 18.3 Å². The molecule has 1 aliphatic heterocycles. The second-order valence-electron chi connectivity index (χ2n) is 5.51. The first-order valence-corrected chi connectivity index (χ1v) is 6.90. The maximum Gasteiger partial charge on any atom is 0.229 e. The maximum atomic E-state index is 12.2. The Labute approximate surface area is 124 Å². The van der Waals surface area contributed by atoms with Gasteiger partial charge in [0.15, 0.2) is 0 Å². The van der Waals surface area contributed by atoms with Crippen LogP contribution in [0.25, 0.3) is 0 Å². The molecule has 114 valence electrons. The minimum atomic E-state index is -0.308. The van der Waals surface area contributed by atoms with Crippen LogP contribution in [0.4, 0.5) is 11.5 Å². The number of rotatable bonds is 5. The molecule has 0 aromatic carbocycles. The summed E-state index contributed by atoms with van der Waals surface area (Å²) in [6.45, 7) is 1.92. The molecule has 0 aliphatic carbocycles. The van der Waals surface area contributed by atoms with Crippen LogP contribution < -0.4 is 11.1 Å². The fraction of sp³-hybridized carbons (Fsp3) is 0.500. The Morgan fingerprint density at radius 1 is 1.52 bits per heavy atom. The van der Waals surface area contributed by atoms with E-state index in [2.05, 4.69) is 10.3 Å². The Balaban J connectivity index is 1.89. The molecule has 1 unspecified atom stereocenters. The van der Waals surface area contributed by atoms with Crippen LogP contribution in [-0.4, -0.2) is 60.3 Å². The Morgan fingerprint density at radius 3 is 2.90 bits per heavy atom. The van der Waals surface area contributed by atoms with Gasteiger partial charge in [-0.3, -0.25) is 9.59 Å². The normalized spacial score (nSPS) is 18.3. The highest BCUT2D eigenvalue weighted by molar-refractivity contribution is 5.97. The number of hydrogen-bond acceptors (Lipinski definition) is 5. The lowest BCUT2D eigenvalue weighted by molar-refractivity contribution is -0.128. The first-order chi connectivity index (χ1) is 9.95. The van der Waals surface area contributed by atoms with Gasteiger partial charge in [-0.15, -0.1) is 0 Å². The summed E-state index contributed by atoms with van der Waals surface area (Å²) in [5, 5.41) is 2.77. The number of anilines is 2. The number of amides is 2. The average Bonchev–Trinajstić information content (AvgIpc) is 2.80. The molecule has 0 radical (unpaired) electrons. The van der Waals surface area contributed by atoms with E-state index in [1.807, 2.05) is 19.0 Å². The molecule has 1 atom stereocenters. The van der Waals surface area contributed by atoms with Crippen LogP contribution in [0, 0.1) is 5.92 Å². The van der Waals surface area contributed by atoms with Crippen molar-refractivity contribution in [3.8, 4) is 0 Å². The fourth-order valence-corrected chi connectivity index (χ4v) is 2.21.